The SMILES string of the molecule is CC(=O)OC1=C(NS(=O)(=O)CCCBr)OC(C)(c2cnc3ccccc3c2)C1=O. The first kappa shape index (κ1) is 21.3. The van der Waals surface area contributed by atoms with E-state index in [0.717, 1.165) is 17.8 Å². The normalized spacial score (nSPS) is 19.3. The van der Waals surface area contributed by atoms with Crippen molar-refractivity contribution in [3.05, 3.63) is 53.7 Å². The number of carbonyl (C=O) groups excluding carboxylic acids is 2. The molecule has 10 heteroatoms. The maximum atomic E-state index is 13.1. The van der Waals surface area contributed by atoms with Crippen LogP contribution in [0.1, 0.15) is 25.8 Å². The molecule has 1 unspecified atom stereocenters. The molecule has 154 valence electrons. The predicted molar refractivity (Wildman–Crippen MR) is 109 cm³/mol. The number of nitrogens with zero attached hydrogens (tertiary/aromatic N) is 1. The van der Waals surface area contributed by atoms with E-state index < -0.39 is 39.0 Å². The smallest absolute Gasteiger partial charge is 0.308 e. The van der Waals surface area contributed by atoms with Crippen LogP contribution in [-0.2, 0) is 34.7 Å². The monoisotopic (exact) mass is 482 g/mol. The van der Waals surface area contributed by atoms with Crippen molar-refractivity contribution in [1.82, 2.24) is 9.71 Å². The van der Waals surface area contributed by atoms with Crippen molar-refractivity contribution >= 4 is 48.6 Å². The molecular weight excluding hydrogens is 464 g/mol. The average molecular weight is 483 g/mol. The van der Waals surface area contributed by atoms with Crippen LogP contribution in [0.4, 0.5) is 0 Å². The molecule has 1 aromatic carbocycles. The number of alkyl halides is 1. The predicted octanol–water partition coefficient (Wildman–Crippen LogP) is 2.49. The number of hydrogen-bond donors (Lipinski definition) is 1. The van der Waals surface area contributed by atoms with Crippen molar-refractivity contribution in [1.29, 1.82) is 0 Å². The Morgan fingerprint density at radius 3 is 2.76 bits per heavy atom. The molecule has 0 radical (unpaired) electrons. The molecule has 1 aromatic heterocycles. The number of Topliss-reactive ketones (excluding diaryl/α,β-unsaturated/α-hetero) is 1. The molecule has 3 rings (SSSR count). The van der Waals surface area contributed by atoms with Gasteiger partial charge in [0.15, 0.2) is 0 Å². The van der Waals surface area contributed by atoms with Crippen LogP contribution in [0.5, 0.6) is 0 Å². The highest BCUT2D eigenvalue weighted by atomic mass is 79.9. The Hall–Kier alpha value is -2.46. The Bertz CT molecular complexity index is 1110. The number of pyridine rings is 1. The van der Waals surface area contributed by atoms with E-state index >= 15 is 0 Å². The summed E-state index contributed by atoms with van der Waals surface area (Å²) in [6.07, 6.45) is 1.83. The highest BCUT2D eigenvalue weighted by Gasteiger charge is 2.50. The lowest BCUT2D eigenvalue weighted by atomic mass is 9.92. The lowest BCUT2D eigenvalue weighted by Crippen LogP contribution is -2.33. The van der Waals surface area contributed by atoms with Crippen LogP contribution >= 0.6 is 15.9 Å². The molecule has 8 nitrogen and oxygen atoms in total. The molecule has 0 bridgehead atoms. The molecule has 0 saturated heterocycles. The summed E-state index contributed by atoms with van der Waals surface area (Å²) in [7, 11) is -3.81. The Morgan fingerprint density at radius 2 is 2.07 bits per heavy atom. The molecule has 0 saturated carbocycles. The number of nitrogens with one attached hydrogen (secondary N) is 1. The summed E-state index contributed by atoms with van der Waals surface area (Å²) in [5.74, 6) is -2.52. The summed E-state index contributed by atoms with van der Waals surface area (Å²) in [6, 6.07) is 9.06. The van der Waals surface area contributed by atoms with Crippen LogP contribution < -0.4 is 4.72 Å². The fourth-order valence-electron chi connectivity index (χ4n) is 2.88. The summed E-state index contributed by atoms with van der Waals surface area (Å²) in [5.41, 5.74) is -0.468. The fourth-order valence-corrected chi connectivity index (χ4v) is 4.57. The maximum absolute atomic E-state index is 13.1. The van der Waals surface area contributed by atoms with Gasteiger partial charge in [0, 0.05) is 29.4 Å². The third-order valence-electron chi connectivity index (χ3n) is 4.33. The molecule has 29 heavy (non-hydrogen) atoms. The zero-order valence-electron chi connectivity index (χ0n) is 15.8. The van der Waals surface area contributed by atoms with E-state index in [1.54, 1.807) is 6.07 Å². The first-order valence-electron chi connectivity index (χ1n) is 8.74. The summed E-state index contributed by atoms with van der Waals surface area (Å²) in [5, 5.41) is 1.27. The third-order valence-corrected chi connectivity index (χ3v) is 6.22. The second kappa shape index (κ2) is 8.11. The van der Waals surface area contributed by atoms with Crippen LogP contribution in [0, 0.1) is 0 Å². The molecule has 0 amide bonds. The Kier molecular flexibility index (Phi) is 5.95. The van der Waals surface area contributed by atoms with E-state index in [4.69, 9.17) is 9.47 Å². The van der Waals surface area contributed by atoms with Gasteiger partial charge in [0.05, 0.1) is 11.3 Å². The van der Waals surface area contributed by atoms with Gasteiger partial charge in [-0.15, -0.1) is 0 Å². The highest BCUT2D eigenvalue weighted by Crippen LogP contribution is 2.39. The standard InChI is InChI=1S/C19H19BrN2O6S/c1-12(23)27-16-17(24)19(2,28-18(16)22-29(25,26)9-5-8-20)14-10-13-6-3-4-7-15(13)21-11-14/h3-4,6-7,10-11,22H,5,8-9H2,1-2H3. The molecule has 2 aromatic rings. The number of halogens is 1. The molecule has 0 fully saturated rings. The number of hydrogen-bond acceptors (Lipinski definition) is 7. The fraction of sp³-hybridized carbons (Fsp3) is 0.316. The van der Waals surface area contributed by atoms with Gasteiger partial charge in [-0.1, -0.05) is 34.1 Å². The van der Waals surface area contributed by atoms with E-state index in [1.165, 1.54) is 13.1 Å². The number of benzene rings is 1. The topological polar surface area (TPSA) is 112 Å². The van der Waals surface area contributed by atoms with Gasteiger partial charge in [-0.05, 0) is 25.5 Å². The molecule has 0 spiro atoms. The molecule has 1 aliphatic heterocycles. The van der Waals surface area contributed by atoms with Gasteiger partial charge in [-0.2, -0.15) is 0 Å². The van der Waals surface area contributed by atoms with E-state index in [2.05, 4.69) is 25.6 Å². The number of ether oxygens (including phenoxy) is 2. The zero-order chi connectivity index (χ0) is 21.2. The first-order valence-corrected chi connectivity index (χ1v) is 11.5. The summed E-state index contributed by atoms with van der Waals surface area (Å²) in [6.45, 7) is 2.59. The second-order valence-electron chi connectivity index (χ2n) is 6.60. The number of sulfonamides is 1. The molecule has 1 N–H and O–H groups in total. The first-order chi connectivity index (χ1) is 13.7. The summed E-state index contributed by atoms with van der Waals surface area (Å²) in [4.78, 5) is 28.9. The van der Waals surface area contributed by atoms with Crippen LogP contribution in [-0.4, -0.2) is 36.2 Å². The number of rotatable bonds is 7. The van der Waals surface area contributed by atoms with E-state index in [0.29, 0.717) is 17.3 Å². The molecule has 1 atom stereocenters. The minimum atomic E-state index is -3.81. The Balaban J connectivity index is 2.00. The van der Waals surface area contributed by atoms with Crippen LogP contribution in [0.25, 0.3) is 10.9 Å². The van der Waals surface area contributed by atoms with Crippen molar-refractivity contribution in [3.63, 3.8) is 0 Å². The minimum absolute atomic E-state index is 0.194. The van der Waals surface area contributed by atoms with Crippen molar-refractivity contribution in [3.8, 4) is 0 Å². The van der Waals surface area contributed by atoms with E-state index in [9.17, 15) is 18.0 Å². The second-order valence-corrected chi connectivity index (χ2v) is 9.23. The van der Waals surface area contributed by atoms with Gasteiger partial charge in [0.2, 0.25) is 27.3 Å². The zero-order valence-corrected chi connectivity index (χ0v) is 18.2. The van der Waals surface area contributed by atoms with Gasteiger partial charge in [-0.3, -0.25) is 19.3 Å². The van der Waals surface area contributed by atoms with Crippen molar-refractivity contribution in [2.45, 2.75) is 25.9 Å². The van der Waals surface area contributed by atoms with E-state index in [1.807, 2.05) is 24.3 Å². The lowest BCUT2D eigenvalue weighted by molar-refractivity contribution is -0.142. The Labute approximate surface area is 176 Å². The van der Waals surface area contributed by atoms with Crippen molar-refractivity contribution in [2.75, 3.05) is 11.1 Å². The summed E-state index contributed by atoms with van der Waals surface area (Å²) >= 11 is 3.17. The highest BCUT2D eigenvalue weighted by molar-refractivity contribution is 9.09. The lowest BCUT2D eigenvalue weighted by Gasteiger charge is -2.23. The number of fused-ring (bicyclic) bond motifs is 1. The number of esters is 1. The van der Waals surface area contributed by atoms with Gasteiger partial charge in [-0.25, -0.2) is 8.42 Å². The number of aromatic nitrogens is 1. The van der Waals surface area contributed by atoms with Gasteiger partial charge in [0.1, 0.15) is 0 Å². The maximum Gasteiger partial charge on any atom is 0.308 e. The van der Waals surface area contributed by atoms with Crippen LogP contribution in [0.15, 0.2) is 48.2 Å². The van der Waals surface area contributed by atoms with Crippen LogP contribution in [0.3, 0.4) is 0 Å². The minimum Gasteiger partial charge on any atom is -0.456 e. The molecule has 0 aliphatic carbocycles. The Morgan fingerprint density at radius 1 is 1.34 bits per heavy atom. The van der Waals surface area contributed by atoms with Crippen LogP contribution in [0.2, 0.25) is 0 Å². The van der Waals surface area contributed by atoms with E-state index in [-0.39, 0.29) is 5.75 Å². The molecular formula is C19H19BrN2O6S. The molecule has 2 heterocycles. The van der Waals surface area contributed by atoms with Gasteiger partial charge in [0.25, 0.3) is 5.78 Å². The van der Waals surface area contributed by atoms with Gasteiger partial charge < -0.3 is 9.47 Å². The largest absolute Gasteiger partial charge is 0.456 e. The van der Waals surface area contributed by atoms with Crippen molar-refractivity contribution < 1.29 is 27.5 Å². The summed E-state index contributed by atoms with van der Waals surface area (Å²) < 4.78 is 37.6. The molecule has 1 aliphatic rings. The quantitative estimate of drug-likeness (QED) is 0.476. The van der Waals surface area contributed by atoms with Crippen molar-refractivity contribution in [2.24, 2.45) is 0 Å². The van der Waals surface area contributed by atoms with Gasteiger partial charge >= 0.3 is 5.97 Å². The average Bonchev–Trinajstić information content (AvgIpc) is 2.90. The number of ketones is 1. The number of para-hydroxylation sites is 1. The third kappa shape index (κ3) is 4.43. The number of carbonyl (C=O) groups is 2.